The van der Waals surface area contributed by atoms with E-state index in [-0.39, 0.29) is 17.9 Å². The highest BCUT2D eigenvalue weighted by Crippen LogP contribution is 2.26. The van der Waals surface area contributed by atoms with Gasteiger partial charge in [0.2, 0.25) is 5.91 Å². The summed E-state index contributed by atoms with van der Waals surface area (Å²) in [4.78, 5) is 15.1. The normalized spacial score (nSPS) is 21.4. The van der Waals surface area contributed by atoms with E-state index in [0.717, 1.165) is 31.7 Å². The van der Waals surface area contributed by atoms with E-state index in [1.54, 1.807) is 7.11 Å². The number of ether oxygens (including phenoxy) is 2. The van der Waals surface area contributed by atoms with Gasteiger partial charge in [-0.05, 0) is 62.4 Å². The van der Waals surface area contributed by atoms with E-state index >= 15 is 0 Å². The first-order chi connectivity index (χ1) is 13.2. The molecule has 1 aromatic rings. The number of methoxy groups -OCH3 is 1. The maximum Gasteiger partial charge on any atom is 0.237 e. The molecule has 2 fully saturated rings. The Morgan fingerprint density at radius 1 is 1.22 bits per heavy atom. The average molecular weight is 376 g/mol. The maximum atomic E-state index is 12.6. The van der Waals surface area contributed by atoms with Crippen LogP contribution in [0.3, 0.4) is 0 Å². The molecule has 1 aromatic carbocycles. The Hall–Kier alpha value is -1.63. The summed E-state index contributed by atoms with van der Waals surface area (Å²) in [6.07, 6.45) is 5.43. The second kappa shape index (κ2) is 10.1. The molecule has 2 unspecified atom stereocenters. The van der Waals surface area contributed by atoms with Crippen molar-refractivity contribution in [3.8, 4) is 5.75 Å². The van der Waals surface area contributed by atoms with Gasteiger partial charge in [-0.1, -0.05) is 18.6 Å². The van der Waals surface area contributed by atoms with Crippen molar-refractivity contribution in [2.45, 2.75) is 44.2 Å². The van der Waals surface area contributed by atoms with Crippen molar-refractivity contribution < 1.29 is 14.3 Å². The molecule has 150 valence electrons. The lowest BCUT2D eigenvalue weighted by Crippen LogP contribution is -2.49. The van der Waals surface area contributed by atoms with Crippen molar-refractivity contribution >= 4 is 5.91 Å². The summed E-state index contributed by atoms with van der Waals surface area (Å²) in [5.41, 5.74) is 7.44. The lowest BCUT2D eigenvalue weighted by Gasteiger charge is -2.35. The number of nitrogens with two attached hydrogens (primary N) is 1. The van der Waals surface area contributed by atoms with Crippen molar-refractivity contribution in [3.05, 3.63) is 29.8 Å². The number of nitrogens with zero attached hydrogens (tertiary/aromatic N) is 1. The van der Waals surface area contributed by atoms with Gasteiger partial charge in [-0.2, -0.15) is 0 Å². The van der Waals surface area contributed by atoms with Gasteiger partial charge in [-0.3, -0.25) is 9.69 Å². The number of carbonyl (C=O) groups is 1. The monoisotopic (exact) mass is 375 g/mol. The molecule has 3 rings (SSSR count). The number of nitrogens with one attached hydrogen (secondary N) is 1. The van der Waals surface area contributed by atoms with Crippen molar-refractivity contribution in [1.82, 2.24) is 10.2 Å². The van der Waals surface area contributed by atoms with E-state index in [9.17, 15) is 4.79 Å². The van der Waals surface area contributed by atoms with Gasteiger partial charge >= 0.3 is 0 Å². The molecule has 2 heterocycles. The molecule has 0 saturated carbocycles. The summed E-state index contributed by atoms with van der Waals surface area (Å²) < 4.78 is 10.7. The minimum Gasteiger partial charge on any atom is -0.497 e. The molecule has 0 radical (unpaired) electrons. The number of amides is 1. The molecular formula is C21H33N3O3. The van der Waals surface area contributed by atoms with Crippen molar-refractivity contribution in [2.24, 2.45) is 11.7 Å². The van der Waals surface area contributed by atoms with Crippen LogP contribution in [0.15, 0.2) is 24.3 Å². The summed E-state index contributed by atoms with van der Waals surface area (Å²) >= 11 is 0. The van der Waals surface area contributed by atoms with Crippen LogP contribution >= 0.6 is 0 Å². The SMILES string of the molecule is COc1ccc(C(CNC(=O)C(N)C2CCOCC2)N2CCCCC2)cc1. The van der Waals surface area contributed by atoms with Gasteiger partial charge in [0, 0.05) is 19.8 Å². The Morgan fingerprint density at radius 3 is 2.52 bits per heavy atom. The Kier molecular flexibility index (Phi) is 7.50. The molecule has 2 aliphatic heterocycles. The van der Waals surface area contributed by atoms with Crippen molar-refractivity contribution in [2.75, 3.05) is 40.0 Å². The van der Waals surface area contributed by atoms with Crippen LogP contribution in [0.2, 0.25) is 0 Å². The molecule has 2 saturated heterocycles. The summed E-state index contributed by atoms with van der Waals surface area (Å²) in [6, 6.07) is 7.89. The third-order valence-corrected chi connectivity index (χ3v) is 5.88. The second-order valence-corrected chi connectivity index (χ2v) is 7.61. The maximum absolute atomic E-state index is 12.6. The van der Waals surface area contributed by atoms with Crippen LogP contribution in [0.1, 0.15) is 43.7 Å². The van der Waals surface area contributed by atoms with Crippen LogP contribution in [-0.4, -0.2) is 56.8 Å². The standard InChI is InChI=1S/C21H33N3O3/c1-26-18-7-5-16(6-8-18)19(24-11-3-2-4-12-24)15-23-21(25)20(22)17-9-13-27-14-10-17/h5-8,17,19-20H,2-4,9-15,22H2,1H3,(H,23,25). The quantitative estimate of drug-likeness (QED) is 0.763. The number of hydrogen-bond acceptors (Lipinski definition) is 5. The summed E-state index contributed by atoms with van der Waals surface area (Å²) in [6.45, 7) is 4.13. The lowest BCUT2D eigenvalue weighted by molar-refractivity contribution is -0.124. The Labute approximate surface area is 162 Å². The van der Waals surface area contributed by atoms with E-state index in [1.165, 1.54) is 24.8 Å². The van der Waals surface area contributed by atoms with Gasteiger partial charge in [-0.25, -0.2) is 0 Å². The Bertz CT molecular complexity index is 581. The van der Waals surface area contributed by atoms with Crippen molar-refractivity contribution in [1.29, 1.82) is 0 Å². The molecule has 1 amide bonds. The topological polar surface area (TPSA) is 76.8 Å². The van der Waals surface area contributed by atoms with E-state index in [4.69, 9.17) is 15.2 Å². The molecule has 0 spiro atoms. The second-order valence-electron chi connectivity index (χ2n) is 7.61. The zero-order valence-corrected chi connectivity index (χ0v) is 16.4. The van der Waals surface area contributed by atoms with Crippen LogP contribution in [-0.2, 0) is 9.53 Å². The zero-order chi connectivity index (χ0) is 19.1. The smallest absolute Gasteiger partial charge is 0.237 e. The predicted molar refractivity (Wildman–Crippen MR) is 106 cm³/mol. The molecule has 2 atom stereocenters. The van der Waals surface area contributed by atoms with E-state index in [2.05, 4.69) is 22.3 Å². The van der Waals surface area contributed by atoms with Crippen LogP contribution in [0.4, 0.5) is 0 Å². The number of rotatable bonds is 7. The highest BCUT2D eigenvalue weighted by atomic mass is 16.5. The Balaban J connectivity index is 1.64. The van der Waals surface area contributed by atoms with Gasteiger partial charge in [-0.15, -0.1) is 0 Å². The molecule has 3 N–H and O–H groups in total. The first-order valence-corrected chi connectivity index (χ1v) is 10.2. The first-order valence-electron chi connectivity index (χ1n) is 10.2. The number of piperidine rings is 1. The number of hydrogen-bond donors (Lipinski definition) is 2. The number of likely N-dealkylation sites (tertiary alicyclic amines) is 1. The fourth-order valence-electron chi connectivity index (χ4n) is 4.12. The molecule has 0 aliphatic carbocycles. The number of carbonyl (C=O) groups excluding carboxylic acids is 1. The number of benzene rings is 1. The van der Waals surface area contributed by atoms with Crippen molar-refractivity contribution in [3.63, 3.8) is 0 Å². The minimum absolute atomic E-state index is 0.0441. The molecule has 27 heavy (non-hydrogen) atoms. The van der Waals surface area contributed by atoms with Crippen LogP contribution in [0, 0.1) is 5.92 Å². The third kappa shape index (κ3) is 5.43. The van der Waals surface area contributed by atoms with Gasteiger partial charge < -0.3 is 20.5 Å². The highest BCUT2D eigenvalue weighted by Gasteiger charge is 2.28. The molecule has 0 bridgehead atoms. The first kappa shape index (κ1) is 20.1. The van der Waals surface area contributed by atoms with Gasteiger partial charge in [0.25, 0.3) is 0 Å². The molecule has 2 aliphatic rings. The fourth-order valence-corrected chi connectivity index (χ4v) is 4.12. The predicted octanol–water partition coefficient (Wildman–Crippen LogP) is 2.09. The summed E-state index contributed by atoms with van der Waals surface area (Å²) in [7, 11) is 1.68. The molecule has 6 heteroatoms. The van der Waals surface area contributed by atoms with Gasteiger partial charge in [0.1, 0.15) is 5.75 Å². The van der Waals surface area contributed by atoms with Gasteiger partial charge in [0.05, 0.1) is 19.2 Å². The zero-order valence-electron chi connectivity index (χ0n) is 16.4. The average Bonchev–Trinajstić information content (AvgIpc) is 2.75. The largest absolute Gasteiger partial charge is 0.497 e. The molecule has 0 aromatic heterocycles. The highest BCUT2D eigenvalue weighted by molar-refractivity contribution is 5.81. The van der Waals surface area contributed by atoms with E-state index < -0.39 is 6.04 Å². The summed E-state index contributed by atoms with van der Waals surface area (Å²) in [5.74, 6) is 1.02. The van der Waals surface area contributed by atoms with Crippen LogP contribution in [0.5, 0.6) is 5.75 Å². The molecular weight excluding hydrogens is 342 g/mol. The molecule has 6 nitrogen and oxygen atoms in total. The lowest BCUT2D eigenvalue weighted by atomic mass is 9.91. The van der Waals surface area contributed by atoms with Crippen LogP contribution in [0.25, 0.3) is 0 Å². The summed E-state index contributed by atoms with van der Waals surface area (Å²) in [5, 5.41) is 3.13. The van der Waals surface area contributed by atoms with E-state index in [0.29, 0.717) is 19.8 Å². The van der Waals surface area contributed by atoms with E-state index in [1.807, 2.05) is 12.1 Å². The van der Waals surface area contributed by atoms with Crippen LogP contribution < -0.4 is 15.8 Å². The third-order valence-electron chi connectivity index (χ3n) is 5.88. The Morgan fingerprint density at radius 2 is 1.89 bits per heavy atom. The fraction of sp³-hybridized carbons (Fsp3) is 0.667. The van der Waals surface area contributed by atoms with Gasteiger partial charge in [0.15, 0.2) is 0 Å². The minimum atomic E-state index is -0.452.